The minimum Gasteiger partial charge on any atom is -0.495 e. The van der Waals surface area contributed by atoms with Crippen molar-refractivity contribution in [2.45, 2.75) is 0 Å². The van der Waals surface area contributed by atoms with Gasteiger partial charge in [-0.3, -0.25) is 4.79 Å². The van der Waals surface area contributed by atoms with Gasteiger partial charge in [0.2, 0.25) is 5.75 Å². The maximum atomic E-state index is 12.6. The number of hydrogen-bond donors (Lipinski definition) is 1. The summed E-state index contributed by atoms with van der Waals surface area (Å²) < 4.78 is 21.5. The fraction of sp³-hybridized carbons (Fsp3) is 0.167. The third kappa shape index (κ3) is 5.31. The highest BCUT2D eigenvalue weighted by Crippen LogP contribution is 2.38. The molecule has 32 heavy (non-hydrogen) atoms. The first-order chi connectivity index (χ1) is 15.5. The Morgan fingerprint density at radius 3 is 2.06 bits per heavy atom. The minimum atomic E-state index is -0.321. The lowest BCUT2D eigenvalue weighted by molar-refractivity contribution is 0.102. The molecule has 1 amide bonds. The van der Waals surface area contributed by atoms with E-state index in [2.05, 4.69) is 10.3 Å². The lowest BCUT2D eigenvalue weighted by Gasteiger charge is -2.13. The number of anilines is 1. The van der Waals surface area contributed by atoms with Crippen molar-refractivity contribution >= 4 is 35.3 Å². The average Bonchev–Trinajstić information content (AvgIpc) is 2.82. The second-order valence-corrected chi connectivity index (χ2v) is 6.96. The van der Waals surface area contributed by atoms with Gasteiger partial charge in [0.15, 0.2) is 11.5 Å². The molecule has 0 saturated heterocycles. The zero-order valence-electron chi connectivity index (χ0n) is 18.1. The molecule has 0 atom stereocenters. The number of hydrogen-bond acceptors (Lipinski definition) is 6. The molecule has 0 unspecified atom stereocenters. The van der Waals surface area contributed by atoms with Crippen molar-refractivity contribution in [1.82, 2.24) is 4.98 Å². The summed E-state index contributed by atoms with van der Waals surface area (Å²) in [5.41, 5.74) is 2.62. The van der Waals surface area contributed by atoms with Gasteiger partial charge < -0.3 is 24.3 Å². The van der Waals surface area contributed by atoms with Crippen molar-refractivity contribution in [3.8, 4) is 23.0 Å². The Labute approximate surface area is 191 Å². The Bertz CT molecular complexity index is 1100. The van der Waals surface area contributed by atoms with Crippen LogP contribution in [0.5, 0.6) is 23.0 Å². The van der Waals surface area contributed by atoms with Crippen LogP contribution in [0.4, 0.5) is 5.69 Å². The number of carbonyl (C=O) groups is 1. The Morgan fingerprint density at radius 2 is 1.50 bits per heavy atom. The summed E-state index contributed by atoms with van der Waals surface area (Å²) >= 11 is 5.79. The highest BCUT2D eigenvalue weighted by Gasteiger charge is 2.13. The number of halogens is 1. The molecule has 7 nitrogen and oxygen atoms in total. The van der Waals surface area contributed by atoms with Crippen LogP contribution in [0.3, 0.4) is 0 Å². The van der Waals surface area contributed by atoms with Crippen LogP contribution in [-0.2, 0) is 0 Å². The molecule has 1 heterocycles. The molecule has 3 aromatic rings. The van der Waals surface area contributed by atoms with E-state index in [0.29, 0.717) is 39.4 Å². The number of nitrogens with one attached hydrogen (secondary N) is 1. The van der Waals surface area contributed by atoms with E-state index in [1.54, 1.807) is 46.6 Å². The van der Waals surface area contributed by atoms with Gasteiger partial charge in [0.1, 0.15) is 10.9 Å². The minimum absolute atomic E-state index is 0.318. The largest absolute Gasteiger partial charge is 0.495 e. The highest BCUT2D eigenvalue weighted by atomic mass is 35.5. The molecular formula is C24H23ClN2O5. The van der Waals surface area contributed by atoms with Crippen LogP contribution in [0.25, 0.3) is 12.2 Å². The molecule has 8 heteroatoms. The van der Waals surface area contributed by atoms with Crippen molar-refractivity contribution in [2.24, 2.45) is 0 Å². The van der Waals surface area contributed by atoms with Crippen molar-refractivity contribution in [2.75, 3.05) is 33.8 Å². The van der Waals surface area contributed by atoms with Crippen LogP contribution in [0.15, 0.2) is 48.7 Å². The Kier molecular flexibility index (Phi) is 7.57. The number of pyridine rings is 1. The normalized spacial score (nSPS) is 10.7. The van der Waals surface area contributed by atoms with Crippen molar-refractivity contribution in [1.29, 1.82) is 0 Å². The predicted octanol–water partition coefficient (Wildman–Crippen LogP) is 5.19. The van der Waals surface area contributed by atoms with Gasteiger partial charge in [0.25, 0.3) is 5.91 Å². The van der Waals surface area contributed by atoms with Gasteiger partial charge in [-0.05, 0) is 47.5 Å². The summed E-state index contributed by atoms with van der Waals surface area (Å²) in [5, 5.41) is 3.17. The first-order valence-electron chi connectivity index (χ1n) is 9.58. The number of carbonyl (C=O) groups excluding carboxylic acids is 1. The average molecular weight is 455 g/mol. The summed E-state index contributed by atoms with van der Waals surface area (Å²) in [6, 6.07) is 12.3. The number of amides is 1. The molecule has 0 bridgehead atoms. The summed E-state index contributed by atoms with van der Waals surface area (Å²) in [6.45, 7) is 0. The lowest BCUT2D eigenvalue weighted by Crippen LogP contribution is -2.13. The predicted molar refractivity (Wildman–Crippen MR) is 125 cm³/mol. The van der Waals surface area contributed by atoms with E-state index in [9.17, 15) is 4.79 Å². The summed E-state index contributed by atoms with van der Waals surface area (Å²) in [6.07, 6.45) is 5.22. The first kappa shape index (κ1) is 23.0. The van der Waals surface area contributed by atoms with Gasteiger partial charge in [-0.1, -0.05) is 29.8 Å². The van der Waals surface area contributed by atoms with Gasteiger partial charge >= 0.3 is 0 Å². The second-order valence-electron chi connectivity index (χ2n) is 6.58. The number of nitrogens with zero attached hydrogens (tertiary/aromatic N) is 1. The summed E-state index contributed by atoms with van der Waals surface area (Å²) in [5.74, 6) is 1.86. The number of benzene rings is 2. The van der Waals surface area contributed by atoms with Gasteiger partial charge in [-0.2, -0.15) is 0 Å². The number of methoxy groups -OCH3 is 4. The Hall–Kier alpha value is -3.71. The molecular weight excluding hydrogens is 432 g/mol. The van der Waals surface area contributed by atoms with E-state index < -0.39 is 0 Å². The van der Waals surface area contributed by atoms with Gasteiger partial charge in [-0.25, -0.2) is 4.98 Å². The van der Waals surface area contributed by atoms with Crippen LogP contribution in [0.1, 0.15) is 21.5 Å². The Morgan fingerprint density at radius 1 is 0.844 bits per heavy atom. The second kappa shape index (κ2) is 10.5. The smallest absolute Gasteiger partial charge is 0.257 e. The standard InChI is InChI=1S/C24H23ClN2O5/c1-29-19-9-7-15(11-18(19)27-24(28)17-8-10-22(25)26-14-17)5-6-16-12-20(30-2)23(32-4)21(13-16)31-3/h5-14H,1-4H3,(H,27,28)/b6-5-. The zero-order valence-corrected chi connectivity index (χ0v) is 18.9. The van der Waals surface area contributed by atoms with Crippen LogP contribution in [0, 0.1) is 0 Å². The molecule has 0 radical (unpaired) electrons. The van der Waals surface area contributed by atoms with Gasteiger partial charge in [0, 0.05) is 6.20 Å². The summed E-state index contributed by atoms with van der Waals surface area (Å²) in [4.78, 5) is 16.5. The van der Waals surface area contributed by atoms with Crippen LogP contribution in [-0.4, -0.2) is 39.3 Å². The fourth-order valence-corrected chi connectivity index (χ4v) is 3.13. The monoisotopic (exact) mass is 454 g/mol. The summed E-state index contributed by atoms with van der Waals surface area (Å²) in [7, 11) is 6.24. The molecule has 1 aromatic heterocycles. The van der Waals surface area contributed by atoms with E-state index in [-0.39, 0.29) is 5.91 Å². The maximum absolute atomic E-state index is 12.6. The number of rotatable bonds is 8. The van der Waals surface area contributed by atoms with E-state index in [0.717, 1.165) is 11.1 Å². The zero-order chi connectivity index (χ0) is 23.1. The molecule has 1 N–H and O–H groups in total. The number of ether oxygens (including phenoxy) is 4. The molecule has 0 aliphatic heterocycles. The van der Waals surface area contributed by atoms with Gasteiger partial charge in [0.05, 0.1) is 39.7 Å². The third-order valence-electron chi connectivity index (χ3n) is 4.62. The first-order valence-corrected chi connectivity index (χ1v) is 9.96. The number of aromatic nitrogens is 1. The molecule has 0 aliphatic carbocycles. The highest BCUT2D eigenvalue weighted by molar-refractivity contribution is 6.29. The molecule has 166 valence electrons. The Balaban J connectivity index is 1.87. The van der Waals surface area contributed by atoms with Crippen molar-refractivity contribution < 1.29 is 23.7 Å². The van der Waals surface area contributed by atoms with Gasteiger partial charge in [-0.15, -0.1) is 0 Å². The molecule has 0 saturated carbocycles. The lowest BCUT2D eigenvalue weighted by atomic mass is 10.1. The van der Waals surface area contributed by atoms with E-state index in [1.807, 2.05) is 36.4 Å². The topological polar surface area (TPSA) is 78.9 Å². The molecule has 0 spiro atoms. The van der Waals surface area contributed by atoms with Crippen molar-refractivity contribution in [3.05, 3.63) is 70.5 Å². The SMILES string of the molecule is COc1ccc(/C=C\c2cc(OC)c(OC)c(OC)c2)cc1NC(=O)c1ccc(Cl)nc1. The third-order valence-corrected chi connectivity index (χ3v) is 4.84. The van der Waals surface area contributed by atoms with E-state index in [1.165, 1.54) is 6.20 Å². The fourth-order valence-electron chi connectivity index (χ4n) is 3.02. The van der Waals surface area contributed by atoms with E-state index in [4.69, 9.17) is 30.5 Å². The molecule has 2 aromatic carbocycles. The molecule has 0 fully saturated rings. The van der Waals surface area contributed by atoms with Crippen LogP contribution in [0.2, 0.25) is 5.15 Å². The van der Waals surface area contributed by atoms with Crippen molar-refractivity contribution in [3.63, 3.8) is 0 Å². The molecule has 0 aliphatic rings. The quantitative estimate of drug-likeness (QED) is 0.372. The van der Waals surface area contributed by atoms with Crippen LogP contribution < -0.4 is 24.3 Å². The maximum Gasteiger partial charge on any atom is 0.257 e. The van der Waals surface area contributed by atoms with E-state index >= 15 is 0 Å². The van der Waals surface area contributed by atoms with Crippen LogP contribution >= 0.6 is 11.6 Å². The molecule has 3 rings (SSSR count).